The zero-order chi connectivity index (χ0) is 17.7. The molecule has 24 heavy (non-hydrogen) atoms. The lowest BCUT2D eigenvalue weighted by Crippen LogP contribution is -2.25. The van der Waals surface area contributed by atoms with Crippen LogP contribution in [0, 0.1) is 5.82 Å². The number of hydrogen-bond acceptors (Lipinski definition) is 2. The van der Waals surface area contributed by atoms with E-state index in [1.165, 1.54) is 37.3 Å². The Morgan fingerprint density at radius 2 is 1.79 bits per heavy atom. The third-order valence-corrected chi connectivity index (χ3v) is 3.25. The van der Waals surface area contributed by atoms with E-state index in [2.05, 4.69) is 15.8 Å². The summed E-state index contributed by atoms with van der Waals surface area (Å²) in [6.07, 6.45) is -4.43. The van der Waals surface area contributed by atoms with E-state index in [0.717, 1.165) is 12.1 Å². The van der Waals surface area contributed by atoms with Gasteiger partial charge in [-0.2, -0.15) is 18.3 Å². The van der Waals surface area contributed by atoms with Crippen molar-refractivity contribution in [3.8, 4) is 0 Å². The van der Waals surface area contributed by atoms with Gasteiger partial charge in [0.25, 0.3) is 0 Å². The Balaban J connectivity index is 2.06. The van der Waals surface area contributed by atoms with Crippen molar-refractivity contribution in [2.75, 3.05) is 5.32 Å². The second-order valence-electron chi connectivity index (χ2n) is 4.82. The summed E-state index contributed by atoms with van der Waals surface area (Å²) in [7, 11) is 0. The second-order valence-corrected chi connectivity index (χ2v) is 5.23. The molecule has 2 rings (SSSR count). The summed E-state index contributed by atoms with van der Waals surface area (Å²) in [5.41, 5.74) is 2.48. The van der Waals surface area contributed by atoms with Crippen molar-refractivity contribution >= 4 is 28.7 Å². The molecule has 0 aromatic heterocycles. The third-order valence-electron chi connectivity index (χ3n) is 3.05. The van der Waals surface area contributed by atoms with Gasteiger partial charge >= 0.3 is 6.18 Å². The summed E-state index contributed by atoms with van der Waals surface area (Å²) in [6, 6.07) is 10.7. The number of hydrogen-bond donors (Lipinski definition) is 2. The van der Waals surface area contributed by atoms with Gasteiger partial charge in [-0.1, -0.05) is 24.3 Å². The summed E-state index contributed by atoms with van der Waals surface area (Å²) < 4.78 is 51.6. The van der Waals surface area contributed by atoms with Gasteiger partial charge in [-0.05, 0) is 49.0 Å². The van der Waals surface area contributed by atoms with Crippen LogP contribution in [0.2, 0.25) is 0 Å². The summed E-state index contributed by atoms with van der Waals surface area (Å²) in [5.74, 6) is -0.486. The molecule has 0 saturated heterocycles. The second kappa shape index (κ2) is 7.39. The molecule has 0 aliphatic heterocycles. The first-order valence-electron chi connectivity index (χ1n) is 6.81. The topological polar surface area (TPSA) is 36.4 Å². The molecule has 3 nitrogen and oxygen atoms in total. The van der Waals surface area contributed by atoms with E-state index >= 15 is 0 Å². The Morgan fingerprint density at radius 1 is 1.08 bits per heavy atom. The molecule has 0 aliphatic rings. The van der Waals surface area contributed by atoms with Crippen LogP contribution >= 0.6 is 12.2 Å². The van der Waals surface area contributed by atoms with E-state index in [1.807, 2.05) is 0 Å². The summed E-state index contributed by atoms with van der Waals surface area (Å²) >= 11 is 4.97. The molecule has 0 atom stereocenters. The summed E-state index contributed by atoms with van der Waals surface area (Å²) in [4.78, 5) is 0. The predicted molar refractivity (Wildman–Crippen MR) is 89.4 cm³/mol. The zero-order valence-electron chi connectivity index (χ0n) is 12.5. The largest absolute Gasteiger partial charge is 0.416 e. The van der Waals surface area contributed by atoms with Crippen LogP contribution in [-0.2, 0) is 6.18 Å². The molecule has 2 aromatic carbocycles. The lowest BCUT2D eigenvalue weighted by atomic mass is 10.1. The van der Waals surface area contributed by atoms with Crippen LogP contribution < -0.4 is 10.7 Å². The van der Waals surface area contributed by atoms with Crippen molar-refractivity contribution in [1.29, 1.82) is 0 Å². The molecule has 126 valence electrons. The molecule has 0 radical (unpaired) electrons. The Hall–Kier alpha value is -2.48. The van der Waals surface area contributed by atoms with Gasteiger partial charge in [0, 0.05) is 0 Å². The highest BCUT2D eigenvalue weighted by atomic mass is 32.1. The highest BCUT2D eigenvalue weighted by Gasteiger charge is 2.30. The minimum atomic E-state index is -4.43. The molecule has 0 aliphatic carbocycles. The SMILES string of the molecule is C/C(=N/NC(=S)Nc1ccccc1F)c1cccc(C(F)(F)F)c1. The number of thiocarbonyl (C=S) groups is 1. The maximum Gasteiger partial charge on any atom is 0.416 e. The standard InChI is InChI=1S/C16H13F4N3S/c1-10(11-5-4-6-12(9-11)16(18,19)20)22-23-15(24)21-14-8-3-2-7-13(14)17/h2-9H,1H3,(H2,21,23,24)/b22-10-. The lowest BCUT2D eigenvalue weighted by Gasteiger charge is -2.10. The summed E-state index contributed by atoms with van der Waals surface area (Å²) in [5, 5.41) is 6.55. The van der Waals surface area contributed by atoms with Gasteiger partial charge in [0.1, 0.15) is 5.82 Å². The fraction of sp³-hybridized carbons (Fsp3) is 0.125. The molecule has 0 fully saturated rings. The van der Waals surface area contributed by atoms with Crippen molar-refractivity contribution in [2.24, 2.45) is 5.10 Å². The molecular weight excluding hydrogens is 342 g/mol. The van der Waals surface area contributed by atoms with E-state index in [1.54, 1.807) is 6.07 Å². The maximum atomic E-state index is 13.5. The lowest BCUT2D eigenvalue weighted by molar-refractivity contribution is -0.137. The molecule has 0 heterocycles. The third kappa shape index (κ3) is 4.76. The van der Waals surface area contributed by atoms with Gasteiger partial charge < -0.3 is 5.32 Å². The van der Waals surface area contributed by atoms with E-state index in [0.29, 0.717) is 11.3 Å². The number of hydrazone groups is 1. The Morgan fingerprint density at radius 3 is 2.46 bits per heavy atom. The maximum absolute atomic E-state index is 13.5. The van der Waals surface area contributed by atoms with Crippen LogP contribution in [0.15, 0.2) is 53.6 Å². The van der Waals surface area contributed by atoms with Crippen LogP contribution in [0.5, 0.6) is 0 Å². The van der Waals surface area contributed by atoms with Gasteiger partial charge in [0.05, 0.1) is 17.0 Å². The number of halogens is 4. The Bertz CT molecular complexity index is 772. The van der Waals surface area contributed by atoms with Crippen molar-refractivity contribution in [2.45, 2.75) is 13.1 Å². The first-order chi connectivity index (χ1) is 11.3. The number of rotatable bonds is 3. The molecule has 0 bridgehead atoms. The van der Waals surface area contributed by atoms with Crippen LogP contribution in [-0.4, -0.2) is 10.8 Å². The van der Waals surface area contributed by atoms with Gasteiger partial charge in [0.15, 0.2) is 5.11 Å². The average molecular weight is 355 g/mol. The van der Waals surface area contributed by atoms with Gasteiger partial charge in [-0.15, -0.1) is 0 Å². The first-order valence-corrected chi connectivity index (χ1v) is 7.21. The number of benzene rings is 2. The van der Waals surface area contributed by atoms with Gasteiger partial charge in [0.2, 0.25) is 0 Å². The zero-order valence-corrected chi connectivity index (χ0v) is 13.3. The highest BCUT2D eigenvalue weighted by molar-refractivity contribution is 7.80. The molecule has 2 aromatic rings. The Labute approximate surface area is 141 Å². The molecule has 0 spiro atoms. The highest BCUT2D eigenvalue weighted by Crippen LogP contribution is 2.29. The fourth-order valence-electron chi connectivity index (χ4n) is 1.83. The molecule has 8 heteroatoms. The number of para-hydroxylation sites is 1. The van der Waals surface area contributed by atoms with E-state index < -0.39 is 17.6 Å². The van der Waals surface area contributed by atoms with E-state index in [-0.39, 0.29) is 10.8 Å². The van der Waals surface area contributed by atoms with E-state index in [9.17, 15) is 17.6 Å². The van der Waals surface area contributed by atoms with Crippen molar-refractivity contribution in [3.63, 3.8) is 0 Å². The van der Waals surface area contributed by atoms with Crippen molar-refractivity contribution < 1.29 is 17.6 Å². The smallest absolute Gasteiger partial charge is 0.329 e. The quantitative estimate of drug-likeness (QED) is 0.367. The monoisotopic (exact) mass is 355 g/mol. The number of alkyl halides is 3. The normalized spacial score (nSPS) is 12.0. The first kappa shape index (κ1) is 17.9. The van der Waals surface area contributed by atoms with E-state index in [4.69, 9.17) is 12.2 Å². The van der Waals surface area contributed by atoms with Gasteiger partial charge in [-0.25, -0.2) is 4.39 Å². The minimum absolute atomic E-state index is 0.0198. The number of anilines is 1. The van der Waals surface area contributed by atoms with Gasteiger partial charge in [-0.3, -0.25) is 5.43 Å². The van der Waals surface area contributed by atoms with Crippen molar-refractivity contribution in [3.05, 3.63) is 65.5 Å². The summed E-state index contributed by atoms with van der Waals surface area (Å²) in [6.45, 7) is 1.54. The van der Waals surface area contributed by atoms with Crippen LogP contribution in [0.25, 0.3) is 0 Å². The van der Waals surface area contributed by atoms with Crippen LogP contribution in [0.1, 0.15) is 18.1 Å². The minimum Gasteiger partial charge on any atom is -0.329 e. The Kier molecular flexibility index (Phi) is 5.50. The van der Waals surface area contributed by atoms with Crippen LogP contribution in [0.3, 0.4) is 0 Å². The predicted octanol–water partition coefficient (Wildman–Crippen LogP) is 4.56. The number of nitrogens with zero attached hydrogens (tertiary/aromatic N) is 1. The molecule has 2 N–H and O–H groups in total. The number of nitrogens with one attached hydrogen (secondary N) is 2. The van der Waals surface area contributed by atoms with Crippen LogP contribution in [0.4, 0.5) is 23.2 Å². The molecular formula is C16H13F4N3S. The fourth-order valence-corrected chi connectivity index (χ4v) is 1.99. The van der Waals surface area contributed by atoms with Crippen molar-refractivity contribution in [1.82, 2.24) is 5.43 Å². The average Bonchev–Trinajstić information content (AvgIpc) is 2.54. The molecule has 0 saturated carbocycles. The molecule has 0 unspecified atom stereocenters. The molecule has 0 amide bonds.